The molecule has 0 aliphatic rings. The lowest BCUT2D eigenvalue weighted by atomic mass is 10.2. The second-order valence-corrected chi connectivity index (χ2v) is 5.02. The quantitative estimate of drug-likeness (QED) is 0.744. The highest BCUT2D eigenvalue weighted by Gasteiger charge is 2.18. The zero-order valence-corrected chi connectivity index (χ0v) is 12.9. The second kappa shape index (κ2) is 7.34. The Bertz CT molecular complexity index is 627. The van der Waals surface area contributed by atoms with Gasteiger partial charge in [-0.25, -0.2) is 4.79 Å². The second-order valence-electron chi connectivity index (χ2n) is 4.23. The number of esters is 1. The fourth-order valence-corrected chi connectivity index (χ4v) is 2.32. The van der Waals surface area contributed by atoms with Crippen LogP contribution in [0.25, 0.3) is 0 Å². The van der Waals surface area contributed by atoms with Crippen LogP contribution < -0.4 is 4.74 Å². The van der Waals surface area contributed by atoms with E-state index in [1.54, 1.807) is 13.0 Å². The standard InChI is InChI=1S/C16H14Cl2O3/c1-2-20-16(19)12-8-9-13(17)15(14(12)18)21-10-11-6-4-3-5-7-11/h3-9H,2,10H2,1H3. The van der Waals surface area contributed by atoms with Gasteiger partial charge in [-0.1, -0.05) is 53.5 Å². The van der Waals surface area contributed by atoms with Crippen molar-refractivity contribution < 1.29 is 14.3 Å². The van der Waals surface area contributed by atoms with Crippen LogP contribution in [-0.2, 0) is 11.3 Å². The van der Waals surface area contributed by atoms with Crippen molar-refractivity contribution in [1.29, 1.82) is 0 Å². The van der Waals surface area contributed by atoms with Crippen molar-refractivity contribution in [2.75, 3.05) is 6.61 Å². The smallest absolute Gasteiger partial charge is 0.339 e. The SMILES string of the molecule is CCOC(=O)c1ccc(Cl)c(OCc2ccccc2)c1Cl. The van der Waals surface area contributed by atoms with Crippen LogP contribution in [-0.4, -0.2) is 12.6 Å². The molecule has 0 aliphatic heterocycles. The highest BCUT2D eigenvalue weighted by molar-refractivity contribution is 6.39. The number of benzene rings is 2. The Morgan fingerprint density at radius 3 is 2.48 bits per heavy atom. The van der Waals surface area contributed by atoms with Gasteiger partial charge in [0.15, 0.2) is 5.75 Å². The molecule has 2 aromatic rings. The molecule has 0 aromatic heterocycles. The van der Waals surface area contributed by atoms with Gasteiger partial charge in [-0.2, -0.15) is 0 Å². The molecule has 0 heterocycles. The van der Waals surface area contributed by atoms with Gasteiger partial charge in [0.1, 0.15) is 6.61 Å². The van der Waals surface area contributed by atoms with Gasteiger partial charge in [0, 0.05) is 0 Å². The maximum atomic E-state index is 11.8. The highest BCUT2D eigenvalue weighted by Crippen LogP contribution is 2.36. The van der Waals surface area contributed by atoms with Gasteiger partial charge in [-0.05, 0) is 24.6 Å². The lowest BCUT2D eigenvalue weighted by Gasteiger charge is -2.12. The van der Waals surface area contributed by atoms with E-state index in [1.807, 2.05) is 30.3 Å². The fourth-order valence-electron chi connectivity index (χ4n) is 1.76. The summed E-state index contributed by atoms with van der Waals surface area (Å²) in [6.07, 6.45) is 0. The Morgan fingerprint density at radius 1 is 1.10 bits per heavy atom. The zero-order chi connectivity index (χ0) is 15.2. The van der Waals surface area contributed by atoms with E-state index in [0.717, 1.165) is 5.56 Å². The normalized spacial score (nSPS) is 10.2. The summed E-state index contributed by atoms with van der Waals surface area (Å²) in [5, 5.41) is 0.515. The Balaban J connectivity index is 2.22. The van der Waals surface area contributed by atoms with E-state index in [1.165, 1.54) is 6.07 Å². The zero-order valence-electron chi connectivity index (χ0n) is 11.4. The first-order valence-corrected chi connectivity index (χ1v) is 7.21. The number of halogens is 2. The van der Waals surface area contributed by atoms with Crippen molar-refractivity contribution in [3.8, 4) is 5.75 Å². The average molecular weight is 325 g/mol. The van der Waals surface area contributed by atoms with Gasteiger partial charge in [0.25, 0.3) is 0 Å². The van der Waals surface area contributed by atoms with Crippen LogP contribution in [0.15, 0.2) is 42.5 Å². The van der Waals surface area contributed by atoms with Crippen LogP contribution in [0.3, 0.4) is 0 Å². The topological polar surface area (TPSA) is 35.5 Å². The minimum Gasteiger partial charge on any atom is -0.486 e. The molecule has 0 atom stereocenters. The molecular weight excluding hydrogens is 311 g/mol. The van der Waals surface area contributed by atoms with Crippen molar-refractivity contribution >= 4 is 29.2 Å². The number of carbonyl (C=O) groups is 1. The summed E-state index contributed by atoms with van der Waals surface area (Å²) in [6, 6.07) is 12.7. The third-order valence-corrected chi connectivity index (χ3v) is 3.44. The molecule has 5 heteroatoms. The molecule has 110 valence electrons. The van der Waals surface area contributed by atoms with E-state index < -0.39 is 5.97 Å². The molecule has 0 radical (unpaired) electrons. The minimum atomic E-state index is -0.497. The van der Waals surface area contributed by atoms with Gasteiger partial charge in [-0.15, -0.1) is 0 Å². The molecule has 0 saturated carbocycles. The van der Waals surface area contributed by atoms with E-state index in [-0.39, 0.29) is 22.9 Å². The van der Waals surface area contributed by atoms with Crippen LogP contribution in [0.1, 0.15) is 22.8 Å². The van der Waals surface area contributed by atoms with Crippen LogP contribution >= 0.6 is 23.2 Å². The predicted molar refractivity (Wildman–Crippen MR) is 83.2 cm³/mol. The molecule has 0 N–H and O–H groups in total. The van der Waals surface area contributed by atoms with Crippen LogP contribution in [0.2, 0.25) is 10.0 Å². The lowest BCUT2D eigenvalue weighted by Crippen LogP contribution is -2.06. The fraction of sp³-hybridized carbons (Fsp3) is 0.188. The van der Waals surface area contributed by atoms with E-state index in [9.17, 15) is 4.79 Å². The van der Waals surface area contributed by atoms with Gasteiger partial charge in [-0.3, -0.25) is 0 Å². The van der Waals surface area contributed by atoms with E-state index in [0.29, 0.717) is 11.6 Å². The van der Waals surface area contributed by atoms with Crippen molar-refractivity contribution in [3.05, 3.63) is 63.6 Å². The number of ether oxygens (including phenoxy) is 2. The van der Waals surface area contributed by atoms with Crippen molar-refractivity contribution in [2.24, 2.45) is 0 Å². The summed E-state index contributed by atoms with van der Waals surface area (Å²) in [4.78, 5) is 11.8. The Kier molecular flexibility index (Phi) is 5.48. The Hall–Kier alpha value is -1.71. The summed E-state index contributed by atoms with van der Waals surface area (Å²) in [7, 11) is 0. The first-order chi connectivity index (χ1) is 10.1. The largest absolute Gasteiger partial charge is 0.486 e. The maximum Gasteiger partial charge on any atom is 0.339 e. The Morgan fingerprint density at radius 2 is 1.81 bits per heavy atom. The summed E-state index contributed by atoms with van der Waals surface area (Å²) in [6.45, 7) is 2.32. The molecule has 0 aliphatic carbocycles. The third-order valence-electron chi connectivity index (χ3n) is 2.77. The summed E-state index contributed by atoms with van der Waals surface area (Å²) in [5.41, 5.74) is 1.22. The molecule has 0 spiro atoms. The first-order valence-electron chi connectivity index (χ1n) is 6.45. The number of hydrogen-bond acceptors (Lipinski definition) is 3. The van der Waals surface area contributed by atoms with Crippen molar-refractivity contribution in [1.82, 2.24) is 0 Å². The molecule has 0 bridgehead atoms. The van der Waals surface area contributed by atoms with E-state index in [2.05, 4.69) is 0 Å². The van der Waals surface area contributed by atoms with Gasteiger partial charge in [0.2, 0.25) is 0 Å². The minimum absolute atomic E-state index is 0.164. The maximum absolute atomic E-state index is 11.8. The van der Waals surface area contributed by atoms with E-state index >= 15 is 0 Å². The highest BCUT2D eigenvalue weighted by atomic mass is 35.5. The van der Waals surface area contributed by atoms with Crippen LogP contribution in [0.5, 0.6) is 5.75 Å². The average Bonchev–Trinajstić information content (AvgIpc) is 2.48. The molecule has 0 amide bonds. The third kappa shape index (κ3) is 3.90. The summed E-state index contributed by atoms with van der Waals surface area (Å²) in [5.74, 6) is -0.212. The molecule has 0 fully saturated rings. The lowest BCUT2D eigenvalue weighted by molar-refractivity contribution is 0.0526. The number of carbonyl (C=O) groups excluding carboxylic acids is 1. The summed E-state index contributed by atoms with van der Waals surface area (Å²) < 4.78 is 10.6. The molecule has 21 heavy (non-hydrogen) atoms. The van der Waals surface area contributed by atoms with Crippen molar-refractivity contribution in [2.45, 2.75) is 13.5 Å². The van der Waals surface area contributed by atoms with Gasteiger partial charge >= 0.3 is 5.97 Å². The number of rotatable bonds is 5. The van der Waals surface area contributed by atoms with Gasteiger partial charge in [0.05, 0.1) is 22.2 Å². The predicted octanol–water partition coefficient (Wildman–Crippen LogP) is 4.75. The summed E-state index contributed by atoms with van der Waals surface area (Å²) >= 11 is 12.3. The van der Waals surface area contributed by atoms with Crippen LogP contribution in [0.4, 0.5) is 0 Å². The molecule has 0 saturated heterocycles. The van der Waals surface area contributed by atoms with Gasteiger partial charge < -0.3 is 9.47 Å². The van der Waals surface area contributed by atoms with Crippen molar-refractivity contribution in [3.63, 3.8) is 0 Å². The number of hydrogen-bond donors (Lipinski definition) is 0. The Labute approximate surface area is 133 Å². The first kappa shape index (κ1) is 15.7. The monoisotopic (exact) mass is 324 g/mol. The molecule has 2 aromatic carbocycles. The molecule has 3 nitrogen and oxygen atoms in total. The molecular formula is C16H14Cl2O3. The molecule has 2 rings (SSSR count). The van der Waals surface area contributed by atoms with Crippen LogP contribution in [0, 0.1) is 0 Å². The van der Waals surface area contributed by atoms with E-state index in [4.69, 9.17) is 32.7 Å². The molecule has 0 unspecified atom stereocenters.